The number of amides is 1. The predicted molar refractivity (Wildman–Crippen MR) is 74.5 cm³/mol. The summed E-state index contributed by atoms with van der Waals surface area (Å²) in [7, 11) is 2.50. The second-order valence-electron chi connectivity index (χ2n) is 3.82. The van der Waals surface area contributed by atoms with E-state index in [0.29, 0.717) is 5.71 Å². The number of carbonyl (C=O) groups is 2. The molecule has 0 saturated carbocycles. The summed E-state index contributed by atoms with van der Waals surface area (Å²) in [6.45, 7) is 1.59. The molecule has 0 aliphatic carbocycles. The van der Waals surface area contributed by atoms with Crippen molar-refractivity contribution in [1.29, 1.82) is 0 Å². The van der Waals surface area contributed by atoms with Crippen molar-refractivity contribution in [2.45, 2.75) is 13.0 Å². The zero-order chi connectivity index (χ0) is 15.0. The fourth-order valence-corrected chi connectivity index (χ4v) is 1.40. The molecule has 1 aromatic rings. The average Bonchev–Trinajstić information content (AvgIpc) is 2.50. The molecular weight excluding hydrogens is 262 g/mol. The minimum Gasteiger partial charge on any atom is -0.467 e. The molecule has 7 nitrogen and oxygen atoms in total. The first-order chi connectivity index (χ1) is 9.58. The molecule has 1 amide bonds. The quantitative estimate of drug-likeness (QED) is 0.483. The summed E-state index contributed by atoms with van der Waals surface area (Å²) in [5.74, 6) is -0.512. The van der Waals surface area contributed by atoms with Crippen molar-refractivity contribution in [1.82, 2.24) is 5.43 Å². The monoisotopic (exact) mass is 279 g/mol. The maximum absolute atomic E-state index is 11.8. The minimum atomic E-state index is -0.806. The van der Waals surface area contributed by atoms with E-state index in [0.717, 1.165) is 5.69 Å². The molecule has 0 fully saturated rings. The predicted octanol–water partition coefficient (Wildman–Crippen LogP) is 1.37. The Morgan fingerprint density at radius 3 is 2.35 bits per heavy atom. The molecular formula is C13H17N3O4. The maximum atomic E-state index is 11.8. The smallest absolute Gasteiger partial charge is 0.427 e. The zero-order valence-electron chi connectivity index (χ0n) is 11.5. The number of hydrazone groups is 1. The van der Waals surface area contributed by atoms with Crippen LogP contribution in [0.4, 0.5) is 10.5 Å². The summed E-state index contributed by atoms with van der Waals surface area (Å²) in [6, 6.07) is 8.32. The topological polar surface area (TPSA) is 89.0 Å². The summed E-state index contributed by atoms with van der Waals surface area (Å²) in [5.41, 5.74) is 3.23. The number of methoxy groups -OCH3 is 2. The summed E-state index contributed by atoms with van der Waals surface area (Å²) < 4.78 is 9.10. The Labute approximate surface area is 117 Å². The highest BCUT2D eigenvalue weighted by atomic mass is 16.5. The number of nitrogens with zero attached hydrogens (tertiary/aromatic N) is 1. The van der Waals surface area contributed by atoms with Crippen molar-refractivity contribution in [2.24, 2.45) is 5.10 Å². The summed E-state index contributed by atoms with van der Waals surface area (Å²) >= 11 is 0. The number of para-hydroxylation sites is 1. The third-order valence-corrected chi connectivity index (χ3v) is 2.45. The fraction of sp³-hybridized carbons (Fsp3) is 0.308. The minimum absolute atomic E-state index is 0.339. The van der Waals surface area contributed by atoms with Crippen molar-refractivity contribution in [3.05, 3.63) is 30.3 Å². The Kier molecular flexibility index (Phi) is 6.02. The van der Waals surface area contributed by atoms with E-state index in [2.05, 4.69) is 20.6 Å². The summed E-state index contributed by atoms with van der Waals surface area (Å²) in [5, 5.41) is 6.76. The first-order valence-electron chi connectivity index (χ1n) is 5.86. The lowest BCUT2D eigenvalue weighted by Crippen LogP contribution is -2.38. The van der Waals surface area contributed by atoms with Crippen LogP contribution in [0.15, 0.2) is 35.4 Å². The van der Waals surface area contributed by atoms with Crippen molar-refractivity contribution < 1.29 is 19.1 Å². The number of benzene rings is 1. The summed E-state index contributed by atoms with van der Waals surface area (Å²) in [4.78, 5) is 22.7. The Hall–Kier alpha value is -2.57. The number of anilines is 1. The van der Waals surface area contributed by atoms with Gasteiger partial charge in [-0.1, -0.05) is 18.2 Å². The highest BCUT2D eigenvalue weighted by Crippen LogP contribution is 2.09. The van der Waals surface area contributed by atoms with Crippen LogP contribution in [0.25, 0.3) is 0 Å². The molecule has 0 spiro atoms. The average molecular weight is 279 g/mol. The van der Waals surface area contributed by atoms with Gasteiger partial charge in [-0.05, 0) is 19.1 Å². The highest BCUT2D eigenvalue weighted by Gasteiger charge is 2.22. The van der Waals surface area contributed by atoms with Gasteiger partial charge in [-0.2, -0.15) is 5.10 Å². The number of esters is 1. The molecule has 0 radical (unpaired) electrons. The van der Waals surface area contributed by atoms with Gasteiger partial charge in [0, 0.05) is 5.69 Å². The van der Waals surface area contributed by atoms with Crippen molar-refractivity contribution in [3.8, 4) is 0 Å². The molecule has 0 aliphatic heterocycles. The first-order valence-corrected chi connectivity index (χ1v) is 5.86. The van der Waals surface area contributed by atoms with E-state index in [-0.39, 0.29) is 0 Å². The Bertz CT molecular complexity index is 488. The standard InChI is InChI=1S/C13H17N3O4/c1-9(15-16-13(18)20-3)11(12(17)19-2)14-10-7-5-4-6-8-10/h4-8,11,14H,1-3H3,(H,16,18). The Morgan fingerprint density at radius 1 is 1.15 bits per heavy atom. The molecule has 1 unspecified atom stereocenters. The van der Waals surface area contributed by atoms with E-state index in [1.165, 1.54) is 14.2 Å². The number of hydrogen-bond donors (Lipinski definition) is 2. The lowest BCUT2D eigenvalue weighted by Gasteiger charge is -2.17. The van der Waals surface area contributed by atoms with E-state index >= 15 is 0 Å². The number of rotatable bonds is 5. The van der Waals surface area contributed by atoms with Crippen LogP contribution in [-0.2, 0) is 14.3 Å². The van der Waals surface area contributed by atoms with Gasteiger partial charge >= 0.3 is 12.1 Å². The van der Waals surface area contributed by atoms with Crippen LogP contribution in [0.5, 0.6) is 0 Å². The zero-order valence-corrected chi connectivity index (χ0v) is 11.5. The molecule has 0 aromatic heterocycles. The van der Waals surface area contributed by atoms with Gasteiger partial charge in [0.1, 0.15) is 0 Å². The van der Waals surface area contributed by atoms with Gasteiger partial charge in [0.05, 0.1) is 19.9 Å². The number of hydrogen-bond acceptors (Lipinski definition) is 6. The number of carbonyl (C=O) groups excluding carboxylic acids is 2. The molecule has 0 bridgehead atoms. The highest BCUT2D eigenvalue weighted by molar-refractivity contribution is 6.07. The van der Waals surface area contributed by atoms with Gasteiger partial charge in [-0.25, -0.2) is 15.0 Å². The molecule has 108 valence electrons. The van der Waals surface area contributed by atoms with Crippen LogP contribution in [0, 0.1) is 0 Å². The first kappa shape index (κ1) is 15.5. The maximum Gasteiger partial charge on any atom is 0.427 e. The SMILES string of the molecule is COC(=O)NN=C(C)C(Nc1ccccc1)C(=O)OC. The van der Waals surface area contributed by atoms with Gasteiger partial charge in [0.2, 0.25) is 0 Å². The second kappa shape index (κ2) is 7.78. The molecule has 1 atom stereocenters. The number of nitrogens with one attached hydrogen (secondary N) is 2. The van der Waals surface area contributed by atoms with Gasteiger partial charge in [-0.15, -0.1) is 0 Å². The van der Waals surface area contributed by atoms with Crippen LogP contribution in [0.2, 0.25) is 0 Å². The molecule has 0 heterocycles. The van der Waals surface area contributed by atoms with Gasteiger partial charge < -0.3 is 14.8 Å². The van der Waals surface area contributed by atoms with E-state index in [1.807, 2.05) is 18.2 Å². The molecule has 2 N–H and O–H groups in total. The van der Waals surface area contributed by atoms with Gasteiger partial charge in [0.25, 0.3) is 0 Å². The van der Waals surface area contributed by atoms with Gasteiger partial charge in [0.15, 0.2) is 6.04 Å². The third kappa shape index (κ3) is 4.60. The second-order valence-corrected chi connectivity index (χ2v) is 3.82. The van der Waals surface area contributed by atoms with Crippen molar-refractivity contribution in [2.75, 3.05) is 19.5 Å². The Balaban J connectivity index is 2.84. The van der Waals surface area contributed by atoms with Crippen LogP contribution < -0.4 is 10.7 Å². The third-order valence-electron chi connectivity index (χ3n) is 2.45. The lowest BCUT2D eigenvalue weighted by molar-refractivity contribution is -0.139. The van der Waals surface area contributed by atoms with Crippen molar-refractivity contribution in [3.63, 3.8) is 0 Å². The largest absolute Gasteiger partial charge is 0.467 e. The van der Waals surface area contributed by atoms with Crippen LogP contribution in [-0.4, -0.2) is 38.0 Å². The van der Waals surface area contributed by atoms with E-state index in [4.69, 9.17) is 4.74 Å². The van der Waals surface area contributed by atoms with Crippen LogP contribution >= 0.6 is 0 Å². The number of ether oxygens (including phenoxy) is 2. The lowest BCUT2D eigenvalue weighted by atomic mass is 10.2. The molecule has 1 aromatic carbocycles. The van der Waals surface area contributed by atoms with Gasteiger partial charge in [-0.3, -0.25) is 0 Å². The van der Waals surface area contributed by atoms with Crippen molar-refractivity contribution >= 4 is 23.5 Å². The molecule has 0 aliphatic rings. The van der Waals surface area contributed by atoms with Crippen LogP contribution in [0.1, 0.15) is 6.92 Å². The molecule has 1 rings (SSSR count). The van der Waals surface area contributed by atoms with E-state index in [9.17, 15) is 9.59 Å². The molecule has 0 saturated heterocycles. The summed E-state index contributed by atoms with van der Waals surface area (Å²) in [6.07, 6.45) is -0.715. The Morgan fingerprint density at radius 2 is 1.80 bits per heavy atom. The molecule has 20 heavy (non-hydrogen) atoms. The fourth-order valence-electron chi connectivity index (χ4n) is 1.40. The van der Waals surface area contributed by atoms with E-state index in [1.54, 1.807) is 19.1 Å². The molecule has 7 heteroatoms. The normalized spacial score (nSPS) is 12.2. The van der Waals surface area contributed by atoms with Crippen LogP contribution in [0.3, 0.4) is 0 Å². The van der Waals surface area contributed by atoms with E-state index < -0.39 is 18.1 Å².